The summed E-state index contributed by atoms with van der Waals surface area (Å²) in [7, 11) is 3.32. The highest BCUT2D eigenvalue weighted by Crippen LogP contribution is 2.26. The molecule has 0 bridgehead atoms. The van der Waals surface area contributed by atoms with E-state index in [1.54, 1.807) is 75.9 Å². The fraction of sp³-hybridized carbons (Fsp3) is 0.522. The van der Waals surface area contributed by atoms with Gasteiger partial charge in [-0.1, -0.05) is 58.4 Å². The molecule has 22 heteroatoms. The smallest absolute Gasteiger partial charge is 0.341 e. The first-order valence-electron chi connectivity index (χ1n) is 22.7. The summed E-state index contributed by atoms with van der Waals surface area (Å²) in [5.74, 6) is 11.0. The lowest BCUT2D eigenvalue weighted by molar-refractivity contribution is -0.141. The average Bonchev–Trinajstić information content (AvgIpc) is 4.20. The van der Waals surface area contributed by atoms with Gasteiger partial charge < -0.3 is 50.0 Å². The van der Waals surface area contributed by atoms with Crippen molar-refractivity contribution in [2.75, 3.05) is 40.4 Å². The highest BCUT2D eigenvalue weighted by atomic mass is 16.5. The number of aromatic nitrogens is 8. The summed E-state index contributed by atoms with van der Waals surface area (Å²) in [5.41, 5.74) is 0. The Morgan fingerprint density at radius 3 is 1.41 bits per heavy atom. The molecule has 22 nitrogen and oxygen atoms in total. The Morgan fingerprint density at radius 1 is 0.632 bits per heavy atom. The Labute approximate surface area is 395 Å². The molecule has 4 amide bonds. The van der Waals surface area contributed by atoms with Crippen LogP contribution < -0.4 is 30.7 Å². The van der Waals surface area contributed by atoms with Crippen molar-refractivity contribution in [3.63, 3.8) is 0 Å². The number of hydrogen-bond acceptors (Lipinski definition) is 16. The molecule has 0 radical (unpaired) electrons. The fourth-order valence-corrected chi connectivity index (χ4v) is 7.62. The van der Waals surface area contributed by atoms with E-state index in [2.05, 4.69) is 76.0 Å². The Balaban J connectivity index is 1.04. The second kappa shape index (κ2) is 25.2. The molecule has 68 heavy (non-hydrogen) atoms. The molecular formula is C46H60N14O8. The van der Waals surface area contributed by atoms with Crippen LogP contribution in [-0.4, -0.2) is 163 Å². The van der Waals surface area contributed by atoms with Gasteiger partial charge in [0.1, 0.15) is 36.8 Å². The van der Waals surface area contributed by atoms with E-state index >= 15 is 0 Å². The van der Waals surface area contributed by atoms with E-state index in [1.807, 2.05) is 36.4 Å². The van der Waals surface area contributed by atoms with Crippen LogP contribution in [0.3, 0.4) is 0 Å². The van der Waals surface area contributed by atoms with Crippen LogP contribution >= 0.6 is 0 Å². The van der Waals surface area contributed by atoms with E-state index in [-0.39, 0.29) is 74.0 Å². The van der Waals surface area contributed by atoms with Crippen LogP contribution in [0.2, 0.25) is 0 Å². The van der Waals surface area contributed by atoms with Gasteiger partial charge in [0.15, 0.2) is 0 Å². The number of carbonyl (C=O) groups excluding carboxylic acids is 4. The maximum absolute atomic E-state index is 14.2. The number of amides is 4. The summed E-state index contributed by atoms with van der Waals surface area (Å²) in [5, 5.41) is 35.4. The van der Waals surface area contributed by atoms with Crippen LogP contribution in [0.25, 0.3) is 0 Å². The highest BCUT2D eigenvalue weighted by Gasteiger charge is 2.40. The van der Waals surface area contributed by atoms with Crippen LogP contribution in [-0.2, 0) is 41.7 Å². The molecule has 8 unspecified atom stereocenters. The molecule has 2 saturated heterocycles. The minimum atomic E-state index is -1.02. The highest BCUT2D eigenvalue weighted by molar-refractivity contribution is 5.91. The molecule has 4 N–H and O–H groups in total. The first-order chi connectivity index (χ1) is 33.0. The third kappa shape index (κ3) is 13.8. The van der Waals surface area contributed by atoms with Gasteiger partial charge in [0.2, 0.25) is 23.6 Å². The van der Waals surface area contributed by atoms with Gasteiger partial charge in [0.05, 0.1) is 49.5 Å². The largest absolute Gasteiger partial charge is 0.423 e. The molecule has 0 saturated carbocycles. The van der Waals surface area contributed by atoms with Crippen molar-refractivity contribution in [3.05, 3.63) is 60.7 Å². The summed E-state index contributed by atoms with van der Waals surface area (Å²) in [4.78, 5) is 58.1. The number of hydrogen-bond donors (Lipinski definition) is 4. The first-order valence-corrected chi connectivity index (χ1v) is 22.7. The van der Waals surface area contributed by atoms with Crippen LogP contribution in [0.15, 0.2) is 60.7 Å². The Hall–Kier alpha value is -6.98. The van der Waals surface area contributed by atoms with Crippen LogP contribution in [0.1, 0.15) is 53.4 Å². The molecule has 2 fully saturated rings. The molecule has 362 valence electrons. The second-order valence-electron chi connectivity index (χ2n) is 16.4. The van der Waals surface area contributed by atoms with Gasteiger partial charge in [-0.2, -0.15) is 9.36 Å². The molecule has 0 spiro atoms. The second-order valence-corrected chi connectivity index (χ2v) is 16.4. The number of nitrogens with one attached hydrogen (secondary N) is 4. The molecule has 0 aliphatic carbocycles. The number of likely N-dealkylation sites (N-methyl/N-ethyl adjacent to an activating group) is 2. The van der Waals surface area contributed by atoms with Crippen molar-refractivity contribution >= 4 is 23.6 Å². The maximum atomic E-state index is 14.2. The van der Waals surface area contributed by atoms with Gasteiger partial charge >= 0.3 is 12.0 Å². The van der Waals surface area contributed by atoms with E-state index in [0.717, 1.165) is 12.8 Å². The number of rotatable bonds is 22. The average molecular weight is 937 g/mol. The van der Waals surface area contributed by atoms with Crippen LogP contribution in [0.5, 0.6) is 23.5 Å². The van der Waals surface area contributed by atoms with E-state index in [1.165, 1.54) is 9.36 Å². The molecule has 2 aliphatic heterocycles. The lowest BCUT2D eigenvalue weighted by Gasteiger charge is -2.32. The number of carbonyl (C=O) groups is 4. The van der Waals surface area contributed by atoms with E-state index in [4.69, 9.17) is 18.9 Å². The normalized spacial score (nSPS) is 18.1. The van der Waals surface area contributed by atoms with Crippen molar-refractivity contribution in [2.45, 2.75) is 115 Å². The first kappa shape index (κ1) is 50.4. The number of tetrazole rings is 2. The monoisotopic (exact) mass is 936 g/mol. The summed E-state index contributed by atoms with van der Waals surface area (Å²) < 4.78 is 26.8. The Morgan fingerprint density at radius 2 is 1.03 bits per heavy atom. The van der Waals surface area contributed by atoms with Crippen molar-refractivity contribution in [3.8, 4) is 47.2 Å². The zero-order chi connectivity index (χ0) is 48.4. The van der Waals surface area contributed by atoms with Crippen molar-refractivity contribution in [1.82, 2.24) is 71.5 Å². The van der Waals surface area contributed by atoms with Gasteiger partial charge in [0, 0.05) is 13.1 Å². The predicted octanol–water partition coefficient (Wildman–Crippen LogP) is 0.929. The number of likely N-dealkylation sites (tertiary alicyclic amines) is 2. The van der Waals surface area contributed by atoms with Gasteiger partial charge in [-0.15, -0.1) is 0 Å². The summed E-state index contributed by atoms with van der Waals surface area (Å²) in [6, 6.07) is 15.0. The third-order valence-corrected chi connectivity index (χ3v) is 11.8. The molecule has 2 aromatic heterocycles. The lowest BCUT2D eigenvalue weighted by atomic mass is 10.1. The Kier molecular flexibility index (Phi) is 18.7. The minimum absolute atomic E-state index is 0.0869. The van der Waals surface area contributed by atoms with Gasteiger partial charge in [-0.05, 0) is 124 Å². The standard InChI is InChI=1S/C46H60N14O8/c1-31(47-5)41(61)49-39(43(63)57-25-17-19-35(57)29-59-45(51-53-55-59)67-37-21-11-9-12-22-37)33(3)65-27-15-7-8-16-28-66-34(4)40(50-42(62)32(2)48-6)44(64)58-26-18-20-36(58)30-60-46(52-54-56-60)68-38-23-13-10-14-24-38/h9-14,21-24,31-36,39-40,47-48H,17-20,25-30H2,1-6H3,(H,49,61)(H,50,62). The summed E-state index contributed by atoms with van der Waals surface area (Å²) in [6.45, 7) is 8.14. The van der Waals surface area contributed by atoms with Crippen molar-refractivity contribution < 1.29 is 38.1 Å². The number of benzene rings is 2. The molecule has 4 heterocycles. The molecular weight excluding hydrogens is 877 g/mol. The minimum Gasteiger partial charge on any atom is -0.423 e. The third-order valence-electron chi connectivity index (χ3n) is 11.8. The van der Waals surface area contributed by atoms with E-state index in [0.29, 0.717) is 37.4 Å². The molecule has 6 rings (SSSR count). The van der Waals surface area contributed by atoms with E-state index in [9.17, 15) is 19.2 Å². The number of nitrogens with zero attached hydrogens (tertiary/aromatic N) is 10. The zero-order valence-corrected chi connectivity index (χ0v) is 39.2. The summed E-state index contributed by atoms with van der Waals surface area (Å²) in [6.07, 6.45) is 1.35. The van der Waals surface area contributed by atoms with Crippen LogP contribution in [0.4, 0.5) is 0 Å². The topological polar surface area (TPSA) is 247 Å². The SMILES string of the molecule is CNC(C)C(=O)NC(C(=O)N1CCCC1Cn1nnnc1Oc1ccccc1)C(C)OCC#CC#CCOC(C)C(NC(=O)C(C)NC)C(=O)N1CCCC1Cn1nnnc1Oc1ccccc1. The van der Waals surface area contributed by atoms with Crippen molar-refractivity contribution in [1.29, 1.82) is 0 Å². The quantitative estimate of drug-likeness (QED) is 0.0801. The predicted molar refractivity (Wildman–Crippen MR) is 245 cm³/mol. The van der Waals surface area contributed by atoms with Crippen LogP contribution in [0, 0.1) is 23.7 Å². The zero-order valence-electron chi connectivity index (χ0n) is 39.2. The summed E-state index contributed by atoms with van der Waals surface area (Å²) >= 11 is 0. The van der Waals surface area contributed by atoms with Gasteiger partial charge in [-0.3, -0.25) is 19.2 Å². The molecule has 2 aliphatic rings. The fourth-order valence-electron chi connectivity index (χ4n) is 7.62. The molecule has 8 atom stereocenters. The lowest BCUT2D eigenvalue weighted by Crippen LogP contribution is -2.58. The maximum Gasteiger partial charge on any atom is 0.341 e. The van der Waals surface area contributed by atoms with Gasteiger partial charge in [0.25, 0.3) is 0 Å². The van der Waals surface area contributed by atoms with E-state index < -0.39 is 36.4 Å². The Bertz CT molecular complexity index is 2230. The molecule has 4 aromatic rings. The number of ether oxygens (including phenoxy) is 4. The van der Waals surface area contributed by atoms with Gasteiger partial charge in [-0.25, -0.2) is 0 Å². The molecule has 2 aromatic carbocycles. The number of para-hydroxylation sites is 2. The van der Waals surface area contributed by atoms with Crippen molar-refractivity contribution in [2.24, 2.45) is 0 Å².